The van der Waals surface area contributed by atoms with E-state index in [0.717, 1.165) is 5.56 Å². The second-order valence-corrected chi connectivity index (χ2v) is 3.49. The van der Waals surface area contributed by atoms with Gasteiger partial charge < -0.3 is 10.5 Å². The van der Waals surface area contributed by atoms with Crippen LogP contribution in [0.2, 0.25) is 0 Å². The highest BCUT2D eigenvalue weighted by molar-refractivity contribution is 5.54. The molecule has 0 bridgehead atoms. The van der Waals surface area contributed by atoms with E-state index in [1.165, 1.54) is 0 Å². The van der Waals surface area contributed by atoms with Crippen LogP contribution < -0.4 is 10.5 Å². The lowest BCUT2D eigenvalue weighted by atomic mass is 10.0. The molecule has 0 atom stereocenters. The van der Waals surface area contributed by atoms with Crippen molar-refractivity contribution in [2.75, 3.05) is 19.0 Å². The van der Waals surface area contributed by atoms with Crippen molar-refractivity contribution in [3.8, 4) is 5.75 Å². The molecule has 0 unspecified atom stereocenters. The Morgan fingerprint density at radius 1 is 1.43 bits per heavy atom. The average molecular weight is 197 g/mol. The second kappa shape index (κ2) is 4.84. The quantitative estimate of drug-likeness (QED) is 0.753. The van der Waals surface area contributed by atoms with Crippen LogP contribution in [0.1, 0.15) is 25.3 Å². The molecule has 0 saturated carbocycles. The molecule has 0 spiro atoms. The maximum absolute atomic E-state index is 11.9. The molecule has 78 valence electrons. The van der Waals surface area contributed by atoms with E-state index < -0.39 is 6.67 Å². The first kappa shape index (κ1) is 10.8. The number of rotatable bonds is 4. The van der Waals surface area contributed by atoms with Gasteiger partial charge in [0.05, 0.1) is 5.69 Å². The number of hydrogen-bond acceptors (Lipinski definition) is 2. The van der Waals surface area contributed by atoms with E-state index in [-0.39, 0.29) is 6.61 Å². The summed E-state index contributed by atoms with van der Waals surface area (Å²) in [5.41, 5.74) is 7.39. The maximum Gasteiger partial charge on any atom is 0.142 e. The second-order valence-electron chi connectivity index (χ2n) is 3.49. The summed E-state index contributed by atoms with van der Waals surface area (Å²) in [6.07, 6.45) is 0. The predicted molar refractivity (Wildman–Crippen MR) is 56.4 cm³/mol. The van der Waals surface area contributed by atoms with Crippen molar-refractivity contribution in [3.05, 3.63) is 23.8 Å². The topological polar surface area (TPSA) is 35.2 Å². The Bertz CT molecular complexity index is 299. The first-order chi connectivity index (χ1) is 6.65. The summed E-state index contributed by atoms with van der Waals surface area (Å²) in [6, 6.07) is 5.63. The zero-order valence-corrected chi connectivity index (χ0v) is 8.59. The fourth-order valence-corrected chi connectivity index (χ4v) is 1.18. The Balaban J connectivity index is 2.85. The zero-order chi connectivity index (χ0) is 10.6. The van der Waals surface area contributed by atoms with Crippen molar-refractivity contribution in [1.82, 2.24) is 0 Å². The molecule has 3 heteroatoms. The molecular weight excluding hydrogens is 181 g/mol. The van der Waals surface area contributed by atoms with E-state index in [2.05, 4.69) is 13.8 Å². The van der Waals surface area contributed by atoms with Crippen molar-refractivity contribution in [2.24, 2.45) is 0 Å². The first-order valence-corrected chi connectivity index (χ1v) is 4.73. The summed E-state index contributed by atoms with van der Waals surface area (Å²) in [5, 5.41) is 0. The van der Waals surface area contributed by atoms with Crippen LogP contribution in [0.25, 0.3) is 0 Å². The SMILES string of the molecule is CC(C)c1ccc(N)c(OCCF)c1. The lowest BCUT2D eigenvalue weighted by molar-refractivity contribution is 0.274. The fourth-order valence-electron chi connectivity index (χ4n) is 1.18. The van der Waals surface area contributed by atoms with Crippen LogP contribution in [-0.2, 0) is 0 Å². The van der Waals surface area contributed by atoms with E-state index in [0.29, 0.717) is 17.4 Å². The molecule has 0 heterocycles. The summed E-state index contributed by atoms with van der Waals surface area (Å²) in [7, 11) is 0. The predicted octanol–water partition coefficient (Wildman–Crippen LogP) is 2.74. The molecule has 1 rings (SSSR count). The Kier molecular flexibility index (Phi) is 3.74. The summed E-state index contributed by atoms with van der Waals surface area (Å²) in [4.78, 5) is 0. The number of hydrogen-bond donors (Lipinski definition) is 1. The highest BCUT2D eigenvalue weighted by Crippen LogP contribution is 2.26. The highest BCUT2D eigenvalue weighted by Gasteiger charge is 2.04. The van der Waals surface area contributed by atoms with E-state index in [1.807, 2.05) is 12.1 Å². The molecule has 14 heavy (non-hydrogen) atoms. The van der Waals surface area contributed by atoms with Gasteiger partial charge in [-0.05, 0) is 23.6 Å². The smallest absolute Gasteiger partial charge is 0.142 e. The molecule has 2 nitrogen and oxygen atoms in total. The van der Waals surface area contributed by atoms with Gasteiger partial charge in [0.2, 0.25) is 0 Å². The minimum atomic E-state index is -0.495. The number of anilines is 1. The number of ether oxygens (including phenoxy) is 1. The number of alkyl halides is 1. The van der Waals surface area contributed by atoms with Gasteiger partial charge in [-0.1, -0.05) is 19.9 Å². The number of halogens is 1. The van der Waals surface area contributed by atoms with Crippen molar-refractivity contribution >= 4 is 5.69 Å². The monoisotopic (exact) mass is 197 g/mol. The summed E-state index contributed by atoms with van der Waals surface area (Å²) in [6.45, 7) is 3.74. The minimum Gasteiger partial charge on any atom is -0.489 e. The van der Waals surface area contributed by atoms with Gasteiger partial charge in [-0.3, -0.25) is 0 Å². The number of benzene rings is 1. The summed E-state index contributed by atoms with van der Waals surface area (Å²) in [5.74, 6) is 0.997. The Hall–Kier alpha value is -1.25. The number of nitrogen functional groups attached to an aromatic ring is 1. The van der Waals surface area contributed by atoms with Gasteiger partial charge in [-0.15, -0.1) is 0 Å². The lowest BCUT2D eigenvalue weighted by Gasteiger charge is -2.11. The molecular formula is C11H16FNO. The molecule has 0 aromatic heterocycles. The maximum atomic E-state index is 11.9. The fraction of sp³-hybridized carbons (Fsp3) is 0.455. The van der Waals surface area contributed by atoms with Crippen LogP contribution in [-0.4, -0.2) is 13.3 Å². The van der Waals surface area contributed by atoms with E-state index in [1.54, 1.807) is 6.07 Å². The van der Waals surface area contributed by atoms with Crippen LogP contribution in [0.3, 0.4) is 0 Å². The van der Waals surface area contributed by atoms with Crippen molar-refractivity contribution in [1.29, 1.82) is 0 Å². The van der Waals surface area contributed by atoms with Gasteiger partial charge >= 0.3 is 0 Å². The molecule has 2 N–H and O–H groups in total. The van der Waals surface area contributed by atoms with E-state index in [9.17, 15) is 4.39 Å². The third-order valence-electron chi connectivity index (χ3n) is 2.04. The van der Waals surface area contributed by atoms with Crippen molar-refractivity contribution in [3.63, 3.8) is 0 Å². The third kappa shape index (κ3) is 2.62. The molecule has 0 fully saturated rings. The van der Waals surface area contributed by atoms with Gasteiger partial charge in [0.1, 0.15) is 19.0 Å². The van der Waals surface area contributed by atoms with Crippen LogP contribution in [0.5, 0.6) is 5.75 Å². The van der Waals surface area contributed by atoms with Crippen LogP contribution in [0, 0.1) is 0 Å². The summed E-state index contributed by atoms with van der Waals surface area (Å²) < 4.78 is 17.1. The minimum absolute atomic E-state index is 0.0613. The zero-order valence-electron chi connectivity index (χ0n) is 8.59. The van der Waals surface area contributed by atoms with Crippen LogP contribution in [0.4, 0.5) is 10.1 Å². The lowest BCUT2D eigenvalue weighted by Crippen LogP contribution is -2.02. The number of nitrogens with two attached hydrogens (primary N) is 1. The Labute approximate surface area is 83.9 Å². The highest BCUT2D eigenvalue weighted by atomic mass is 19.1. The van der Waals surface area contributed by atoms with Gasteiger partial charge in [0.25, 0.3) is 0 Å². The Morgan fingerprint density at radius 2 is 2.14 bits per heavy atom. The molecule has 0 radical (unpaired) electrons. The van der Waals surface area contributed by atoms with Crippen LogP contribution >= 0.6 is 0 Å². The normalized spacial score (nSPS) is 10.6. The molecule has 0 aliphatic heterocycles. The van der Waals surface area contributed by atoms with Gasteiger partial charge in [-0.25, -0.2) is 4.39 Å². The first-order valence-electron chi connectivity index (χ1n) is 4.73. The third-order valence-corrected chi connectivity index (χ3v) is 2.04. The van der Waals surface area contributed by atoms with E-state index in [4.69, 9.17) is 10.5 Å². The van der Waals surface area contributed by atoms with Crippen molar-refractivity contribution < 1.29 is 9.13 Å². The van der Waals surface area contributed by atoms with Gasteiger partial charge in [0, 0.05) is 0 Å². The summed E-state index contributed by atoms with van der Waals surface area (Å²) >= 11 is 0. The van der Waals surface area contributed by atoms with Crippen molar-refractivity contribution in [2.45, 2.75) is 19.8 Å². The average Bonchev–Trinajstić information content (AvgIpc) is 2.16. The molecule has 0 saturated heterocycles. The van der Waals surface area contributed by atoms with E-state index >= 15 is 0 Å². The Morgan fingerprint density at radius 3 is 2.71 bits per heavy atom. The standard InChI is InChI=1S/C11H16FNO/c1-8(2)9-3-4-10(13)11(7-9)14-6-5-12/h3-4,7-8H,5-6,13H2,1-2H3. The van der Waals surface area contributed by atoms with Gasteiger partial charge in [0.15, 0.2) is 0 Å². The molecule has 1 aromatic carbocycles. The molecule has 0 aliphatic carbocycles. The largest absolute Gasteiger partial charge is 0.489 e. The van der Waals surface area contributed by atoms with Gasteiger partial charge in [-0.2, -0.15) is 0 Å². The molecule has 1 aromatic rings. The van der Waals surface area contributed by atoms with Crippen LogP contribution in [0.15, 0.2) is 18.2 Å². The molecule has 0 aliphatic rings. The molecule has 0 amide bonds.